The van der Waals surface area contributed by atoms with Crippen LogP contribution in [0.4, 0.5) is 5.13 Å². The van der Waals surface area contributed by atoms with Crippen LogP contribution in [-0.4, -0.2) is 23.3 Å². The number of nitrogens with one attached hydrogen (secondary N) is 2. The van der Waals surface area contributed by atoms with Crippen molar-refractivity contribution in [1.82, 2.24) is 10.3 Å². The van der Waals surface area contributed by atoms with Gasteiger partial charge in [-0.3, -0.25) is 9.59 Å². The van der Waals surface area contributed by atoms with Crippen molar-refractivity contribution >= 4 is 51.2 Å². The van der Waals surface area contributed by atoms with Crippen molar-refractivity contribution < 1.29 is 9.59 Å². The van der Waals surface area contributed by atoms with Crippen molar-refractivity contribution in [1.29, 1.82) is 0 Å². The lowest BCUT2D eigenvalue weighted by atomic mass is 10.2. The summed E-state index contributed by atoms with van der Waals surface area (Å²) in [7, 11) is 0. The number of thiophene rings is 1. The van der Waals surface area contributed by atoms with Gasteiger partial charge in [0.15, 0.2) is 5.13 Å². The summed E-state index contributed by atoms with van der Waals surface area (Å²) in [5.74, 6) is -0.585. The van der Waals surface area contributed by atoms with E-state index in [1.807, 2.05) is 22.9 Å². The van der Waals surface area contributed by atoms with Gasteiger partial charge in [-0.05, 0) is 23.6 Å². The maximum atomic E-state index is 11.9. The third-order valence-corrected chi connectivity index (χ3v) is 4.92. The standard InChI is InChI=1S/C16H12ClN3O2S2/c17-11-5-3-10(4-6-11)12-9-24-16(19-12)20-14(21)8-18-15(22)13-2-1-7-23-13/h1-7,9H,8H2,(H,18,22)(H,19,20,21). The number of halogens is 1. The number of rotatable bonds is 5. The van der Waals surface area contributed by atoms with Crippen LogP contribution in [0.2, 0.25) is 5.02 Å². The van der Waals surface area contributed by atoms with Crippen molar-refractivity contribution in [3.8, 4) is 11.3 Å². The maximum absolute atomic E-state index is 11.9. The average molecular weight is 378 g/mol. The van der Waals surface area contributed by atoms with Crippen molar-refractivity contribution in [2.45, 2.75) is 0 Å². The Hall–Kier alpha value is -2.22. The molecule has 0 unspecified atom stereocenters. The van der Waals surface area contributed by atoms with Crippen LogP contribution in [0.15, 0.2) is 47.2 Å². The Morgan fingerprint density at radius 2 is 1.92 bits per heavy atom. The van der Waals surface area contributed by atoms with Gasteiger partial charge in [0, 0.05) is 16.0 Å². The van der Waals surface area contributed by atoms with E-state index in [0.717, 1.165) is 11.3 Å². The second-order valence-corrected chi connectivity index (χ2v) is 7.00. The van der Waals surface area contributed by atoms with Crippen LogP contribution in [0.3, 0.4) is 0 Å². The van der Waals surface area contributed by atoms with Crippen molar-refractivity contribution in [3.05, 3.63) is 57.1 Å². The first-order valence-corrected chi connectivity index (χ1v) is 9.08. The number of hydrogen-bond donors (Lipinski definition) is 2. The largest absolute Gasteiger partial charge is 0.342 e. The molecular formula is C16H12ClN3O2S2. The zero-order valence-corrected chi connectivity index (χ0v) is 14.7. The fourth-order valence-corrected chi connectivity index (χ4v) is 3.41. The van der Waals surface area contributed by atoms with Crippen LogP contribution >= 0.6 is 34.3 Å². The van der Waals surface area contributed by atoms with Gasteiger partial charge >= 0.3 is 0 Å². The van der Waals surface area contributed by atoms with Gasteiger partial charge in [-0.15, -0.1) is 22.7 Å². The summed E-state index contributed by atoms with van der Waals surface area (Å²) < 4.78 is 0. The van der Waals surface area contributed by atoms with E-state index in [1.54, 1.807) is 24.3 Å². The smallest absolute Gasteiger partial charge is 0.261 e. The number of aromatic nitrogens is 1. The van der Waals surface area contributed by atoms with Crippen LogP contribution in [0.1, 0.15) is 9.67 Å². The first-order chi connectivity index (χ1) is 11.6. The summed E-state index contributed by atoms with van der Waals surface area (Å²) in [6, 6.07) is 10.8. The molecule has 0 bridgehead atoms. The van der Waals surface area contributed by atoms with E-state index in [4.69, 9.17) is 11.6 Å². The van der Waals surface area contributed by atoms with Crippen LogP contribution < -0.4 is 10.6 Å². The molecule has 1 aromatic carbocycles. The first-order valence-electron chi connectivity index (χ1n) is 6.95. The molecule has 2 N–H and O–H groups in total. The molecule has 24 heavy (non-hydrogen) atoms. The molecule has 0 spiro atoms. The number of benzene rings is 1. The molecule has 0 saturated heterocycles. The zero-order valence-electron chi connectivity index (χ0n) is 12.3. The molecule has 2 amide bonds. The molecule has 122 valence electrons. The van der Waals surface area contributed by atoms with Gasteiger partial charge in [0.05, 0.1) is 17.1 Å². The number of hydrogen-bond acceptors (Lipinski definition) is 5. The Balaban J connectivity index is 1.55. The first kappa shape index (κ1) is 16.6. The number of carbonyl (C=O) groups is 2. The molecular weight excluding hydrogens is 366 g/mol. The second kappa shape index (κ2) is 7.57. The Morgan fingerprint density at radius 1 is 1.12 bits per heavy atom. The second-order valence-electron chi connectivity index (χ2n) is 4.75. The topological polar surface area (TPSA) is 71.1 Å². The van der Waals surface area contributed by atoms with Gasteiger partial charge in [0.25, 0.3) is 5.91 Å². The Labute approximate surface area is 151 Å². The molecule has 5 nitrogen and oxygen atoms in total. The number of anilines is 1. The summed E-state index contributed by atoms with van der Waals surface area (Å²) in [5, 5.41) is 10.0. The molecule has 0 atom stereocenters. The minimum absolute atomic E-state index is 0.105. The number of carbonyl (C=O) groups excluding carboxylic acids is 2. The molecule has 0 saturated carbocycles. The lowest BCUT2D eigenvalue weighted by Gasteiger charge is -2.03. The lowest BCUT2D eigenvalue weighted by Crippen LogP contribution is -2.32. The minimum atomic E-state index is -0.322. The van der Waals surface area contributed by atoms with Crippen molar-refractivity contribution in [3.63, 3.8) is 0 Å². The van der Waals surface area contributed by atoms with Gasteiger partial charge in [-0.2, -0.15) is 0 Å². The highest BCUT2D eigenvalue weighted by molar-refractivity contribution is 7.14. The maximum Gasteiger partial charge on any atom is 0.261 e. The predicted octanol–water partition coefficient (Wildman–Crippen LogP) is 3.89. The SMILES string of the molecule is O=C(CNC(=O)c1cccs1)Nc1nc(-c2ccc(Cl)cc2)cs1. The molecule has 0 aliphatic heterocycles. The fraction of sp³-hybridized carbons (Fsp3) is 0.0625. The van der Waals surface area contributed by atoms with E-state index in [2.05, 4.69) is 15.6 Å². The van der Waals surface area contributed by atoms with E-state index in [-0.39, 0.29) is 18.4 Å². The minimum Gasteiger partial charge on any atom is -0.342 e. The van der Waals surface area contributed by atoms with Gasteiger partial charge in [-0.25, -0.2) is 4.98 Å². The highest BCUT2D eigenvalue weighted by Gasteiger charge is 2.11. The van der Waals surface area contributed by atoms with Crippen molar-refractivity contribution in [2.24, 2.45) is 0 Å². The molecule has 8 heteroatoms. The quantitative estimate of drug-likeness (QED) is 0.708. The van der Waals surface area contributed by atoms with E-state index >= 15 is 0 Å². The normalized spacial score (nSPS) is 10.4. The van der Waals surface area contributed by atoms with Gasteiger partial charge < -0.3 is 10.6 Å². The van der Waals surface area contributed by atoms with Gasteiger partial charge in [-0.1, -0.05) is 29.8 Å². The summed E-state index contributed by atoms with van der Waals surface area (Å²) in [6.07, 6.45) is 0. The molecule has 2 aromatic heterocycles. The third-order valence-electron chi connectivity index (χ3n) is 3.04. The molecule has 0 aliphatic rings. The summed E-state index contributed by atoms with van der Waals surface area (Å²) in [4.78, 5) is 28.6. The zero-order chi connectivity index (χ0) is 16.9. The third kappa shape index (κ3) is 4.19. The van der Waals surface area contributed by atoms with Crippen LogP contribution in [-0.2, 0) is 4.79 Å². The number of thiazole rings is 1. The van der Waals surface area contributed by atoms with Crippen LogP contribution in [0.5, 0.6) is 0 Å². The lowest BCUT2D eigenvalue weighted by molar-refractivity contribution is -0.115. The predicted molar refractivity (Wildman–Crippen MR) is 97.8 cm³/mol. The molecule has 2 heterocycles. The number of amides is 2. The summed E-state index contributed by atoms with van der Waals surface area (Å²) in [5.41, 5.74) is 1.68. The highest BCUT2D eigenvalue weighted by atomic mass is 35.5. The summed E-state index contributed by atoms with van der Waals surface area (Å²) in [6.45, 7) is -0.105. The van der Waals surface area contributed by atoms with E-state index < -0.39 is 0 Å². The molecule has 0 fully saturated rings. The Bertz CT molecular complexity index is 845. The highest BCUT2D eigenvalue weighted by Crippen LogP contribution is 2.25. The molecule has 3 rings (SSSR count). The molecule has 3 aromatic rings. The average Bonchev–Trinajstić information content (AvgIpc) is 3.25. The van der Waals surface area contributed by atoms with Gasteiger partial charge in [0.1, 0.15) is 0 Å². The van der Waals surface area contributed by atoms with E-state index in [1.165, 1.54) is 22.7 Å². The fourth-order valence-electron chi connectivity index (χ4n) is 1.90. The van der Waals surface area contributed by atoms with Crippen molar-refractivity contribution in [2.75, 3.05) is 11.9 Å². The molecule has 0 radical (unpaired) electrons. The monoisotopic (exact) mass is 377 g/mol. The summed E-state index contributed by atoms with van der Waals surface area (Å²) >= 11 is 8.51. The van der Waals surface area contributed by atoms with E-state index in [9.17, 15) is 9.59 Å². The van der Waals surface area contributed by atoms with Crippen LogP contribution in [0, 0.1) is 0 Å². The van der Waals surface area contributed by atoms with Gasteiger partial charge in [0.2, 0.25) is 5.91 Å². The van der Waals surface area contributed by atoms with E-state index in [0.29, 0.717) is 15.0 Å². The Morgan fingerprint density at radius 3 is 2.62 bits per heavy atom. The Kier molecular flexibility index (Phi) is 5.24. The molecule has 0 aliphatic carbocycles. The van der Waals surface area contributed by atoms with Crippen LogP contribution in [0.25, 0.3) is 11.3 Å². The number of nitrogens with zero attached hydrogens (tertiary/aromatic N) is 1.